The molecule has 16 heavy (non-hydrogen) atoms. The Balaban J connectivity index is 2.93. The van der Waals surface area contributed by atoms with Crippen molar-refractivity contribution < 1.29 is 4.79 Å². The van der Waals surface area contributed by atoms with Crippen molar-refractivity contribution in [3.05, 3.63) is 27.7 Å². The number of carbonyl (C=O) groups excluding carboxylic acids is 1. The molecule has 1 aromatic carbocycles. The van der Waals surface area contributed by atoms with E-state index < -0.39 is 0 Å². The number of hydrogen-bond acceptors (Lipinski definition) is 2. The fourth-order valence-corrected chi connectivity index (χ4v) is 2.32. The minimum absolute atomic E-state index is 0.0123. The number of anilines is 1. The zero-order chi connectivity index (χ0) is 12.3. The molecule has 0 aliphatic carbocycles. The van der Waals surface area contributed by atoms with E-state index in [0.29, 0.717) is 0 Å². The number of rotatable bonds is 3. The van der Waals surface area contributed by atoms with Gasteiger partial charge in [0.2, 0.25) is 5.91 Å². The molecule has 1 aromatic rings. The number of amides is 1. The predicted molar refractivity (Wildman–Crippen MR) is 70.8 cm³/mol. The highest BCUT2D eigenvalue weighted by molar-refractivity contribution is 9.10. The second-order valence-electron chi connectivity index (χ2n) is 3.89. The van der Waals surface area contributed by atoms with Crippen molar-refractivity contribution in [1.29, 1.82) is 0 Å². The summed E-state index contributed by atoms with van der Waals surface area (Å²) in [6.45, 7) is 5.90. The maximum Gasteiger partial charge on any atom is 0.241 e. The quantitative estimate of drug-likeness (QED) is 0.896. The molecule has 1 rings (SSSR count). The van der Waals surface area contributed by atoms with Crippen LogP contribution in [0.5, 0.6) is 0 Å². The number of nitrogens with one attached hydrogen (secondary N) is 2. The highest BCUT2D eigenvalue weighted by Gasteiger charge is 2.13. The van der Waals surface area contributed by atoms with E-state index in [1.54, 1.807) is 7.05 Å². The second-order valence-corrected chi connectivity index (χ2v) is 4.81. The largest absolute Gasteiger partial charge is 0.373 e. The smallest absolute Gasteiger partial charge is 0.241 e. The van der Waals surface area contributed by atoms with E-state index in [4.69, 9.17) is 0 Å². The van der Waals surface area contributed by atoms with Crippen LogP contribution in [0.15, 0.2) is 16.6 Å². The molecule has 1 amide bonds. The summed E-state index contributed by atoms with van der Waals surface area (Å²) in [6, 6.07) is 3.83. The van der Waals surface area contributed by atoms with Crippen molar-refractivity contribution in [2.45, 2.75) is 26.8 Å². The first kappa shape index (κ1) is 13.0. The number of carbonyl (C=O) groups is 1. The summed E-state index contributed by atoms with van der Waals surface area (Å²) >= 11 is 3.45. The molecule has 88 valence electrons. The highest BCUT2D eigenvalue weighted by atomic mass is 79.9. The molecule has 2 N–H and O–H groups in total. The van der Waals surface area contributed by atoms with Crippen LogP contribution in [0.3, 0.4) is 0 Å². The summed E-state index contributed by atoms with van der Waals surface area (Å²) in [4.78, 5) is 11.4. The number of hydrogen-bond donors (Lipinski definition) is 2. The van der Waals surface area contributed by atoms with Gasteiger partial charge in [0.1, 0.15) is 6.04 Å². The topological polar surface area (TPSA) is 41.1 Å². The van der Waals surface area contributed by atoms with Crippen molar-refractivity contribution >= 4 is 27.5 Å². The second kappa shape index (κ2) is 5.34. The van der Waals surface area contributed by atoms with Gasteiger partial charge in [0.25, 0.3) is 0 Å². The van der Waals surface area contributed by atoms with E-state index in [1.165, 1.54) is 0 Å². The molecule has 3 nitrogen and oxygen atoms in total. The van der Waals surface area contributed by atoms with Gasteiger partial charge >= 0.3 is 0 Å². The van der Waals surface area contributed by atoms with E-state index in [-0.39, 0.29) is 11.9 Å². The standard InChI is InChI=1S/C12H17BrN2O/c1-7-5-10(13)6-8(2)11(7)15-9(3)12(16)14-4/h5-6,9,15H,1-4H3,(H,14,16). The molecule has 0 aliphatic rings. The molecule has 0 saturated heterocycles. The van der Waals surface area contributed by atoms with Crippen LogP contribution in [0, 0.1) is 13.8 Å². The van der Waals surface area contributed by atoms with Crippen LogP contribution < -0.4 is 10.6 Å². The van der Waals surface area contributed by atoms with E-state index in [2.05, 4.69) is 26.6 Å². The number of aryl methyl sites for hydroxylation is 2. The zero-order valence-corrected chi connectivity index (χ0v) is 11.6. The van der Waals surface area contributed by atoms with Gasteiger partial charge in [0.05, 0.1) is 0 Å². The lowest BCUT2D eigenvalue weighted by atomic mass is 10.1. The molecule has 0 saturated carbocycles. The lowest BCUT2D eigenvalue weighted by Gasteiger charge is -2.18. The Labute approximate surface area is 105 Å². The normalized spacial score (nSPS) is 12.1. The van der Waals surface area contributed by atoms with Crippen LogP contribution >= 0.6 is 15.9 Å². The van der Waals surface area contributed by atoms with Gasteiger partial charge < -0.3 is 10.6 Å². The van der Waals surface area contributed by atoms with E-state index >= 15 is 0 Å². The van der Waals surface area contributed by atoms with Gasteiger partial charge in [0.15, 0.2) is 0 Å². The van der Waals surface area contributed by atoms with Gasteiger partial charge in [-0.2, -0.15) is 0 Å². The molecule has 4 heteroatoms. The Morgan fingerprint density at radius 1 is 1.31 bits per heavy atom. The first-order valence-corrected chi connectivity index (χ1v) is 6.00. The molecular formula is C12H17BrN2O. The monoisotopic (exact) mass is 284 g/mol. The van der Waals surface area contributed by atoms with Crippen molar-refractivity contribution in [2.75, 3.05) is 12.4 Å². The Hall–Kier alpha value is -1.03. The maximum atomic E-state index is 11.4. The Kier molecular flexibility index (Phi) is 4.35. The molecule has 0 heterocycles. The Morgan fingerprint density at radius 3 is 2.25 bits per heavy atom. The summed E-state index contributed by atoms with van der Waals surface area (Å²) in [5.41, 5.74) is 3.28. The minimum atomic E-state index is -0.233. The van der Waals surface area contributed by atoms with Crippen molar-refractivity contribution in [1.82, 2.24) is 5.32 Å². The lowest BCUT2D eigenvalue weighted by molar-refractivity contribution is -0.121. The fraction of sp³-hybridized carbons (Fsp3) is 0.417. The molecular weight excluding hydrogens is 268 g/mol. The van der Waals surface area contributed by atoms with E-state index in [9.17, 15) is 4.79 Å². The minimum Gasteiger partial charge on any atom is -0.373 e. The zero-order valence-electron chi connectivity index (χ0n) is 10.0. The van der Waals surface area contributed by atoms with Gasteiger partial charge in [-0.3, -0.25) is 4.79 Å². The Morgan fingerprint density at radius 2 is 1.81 bits per heavy atom. The van der Waals surface area contributed by atoms with Crippen molar-refractivity contribution in [3.63, 3.8) is 0 Å². The third-order valence-corrected chi connectivity index (χ3v) is 2.96. The number of benzene rings is 1. The SMILES string of the molecule is CNC(=O)C(C)Nc1c(C)cc(Br)cc1C. The molecule has 0 bridgehead atoms. The van der Waals surface area contributed by atoms with Crippen molar-refractivity contribution in [3.8, 4) is 0 Å². The summed E-state index contributed by atoms with van der Waals surface area (Å²) in [7, 11) is 1.64. The number of halogens is 1. The summed E-state index contributed by atoms with van der Waals surface area (Å²) in [5, 5.41) is 5.85. The van der Waals surface area contributed by atoms with Crippen LogP contribution in [0.4, 0.5) is 5.69 Å². The van der Waals surface area contributed by atoms with Crippen LogP contribution in [0.1, 0.15) is 18.1 Å². The predicted octanol–water partition coefficient (Wildman–Crippen LogP) is 2.61. The summed E-state index contributed by atoms with van der Waals surface area (Å²) in [5.74, 6) is -0.0123. The van der Waals surface area contributed by atoms with E-state index in [0.717, 1.165) is 21.3 Å². The van der Waals surface area contributed by atoms with Gasteiger partial charge in [-0.15, -0.1) is 0 Å². The average molecular weight is 285 g/mol. The first-order chi connectivity index (χ1) is 7.45. The summed E-state index contributed by atoms with van der Waals surface area (Å²) in [6.07, 6.45) is 0. The number of likely N-dealkylation sites (N-methyl/N-ethyl adjacent to an activating group) is 1. The van der Waals surface area contributed by atoms with Gasteiger partial charge in [-0.05, 0) is 44.0 Å². The highest BCUT2D eigenvalue weighted by Crippen LogP contribution is 2.25. The van der Waals surface area contributed by atoms with Crippen LogP contribution in [-0.4, -0.2) is 19.0 Å². The van der Waals surface area contributed by atoms with Crippen LogP contribution in [-0.2, 0) is 4.79 Å². The van der Waals surface area contributed by atoms with Crippen LogP contribution in [0.25, 0.3) is 0 Å². The Bertz CT molecular complexity index is 381. The van der Waals surface area contributed by atoms with Crippen molar-refractivity contribution in [2.24, 2.45) is 0 Å². The first-order valence-electron chi connectivity index (χ1n) is 5.20. The third-order valence-electron chi connectivity index (χ3n) is 2.50. The fourth-order valence-electron chi connectivity index (χ4n) is 1.64. The molecule has 0 spiro atoms. The average Bonchev–Trinajstić information content (AvgIpc) is 2.21. The molecule has 1 unspecified atom stereocenters. The molecule has 0 radical (unpaired) electrons. The summed E-state index contributed by atoms with van der Waals surface area (Å²) < 4.78 is 1.06. The maximum absolute atomic E-state index is 11.4. The van der Waals surface area contributed by atoms with E-state index in [1.807, 2.05) is 32.9 Å². The third kappa shape index (κ3) is 2.98. The van der Waals surface area contributed by atoms with Crippen LogP contribution in [0.2, 0.25) is 0 Å². The molecule has 0 aromatic heterocycles. The van der Waals surface area contributed by atoms with Gasteiger partial charge in [-0.1, -0.05) is 15.9 Å². The van der Waals surface area contributed by atoms with Gasteiger partial charge in [-0.25, -0.2) is 0 Å². The molecule has 0 fully saturated rings. The molecule has 0 aliphatic heterocycles. The lowest BCUT2D eigenvalue weighted by Crippen LogP contribution is -2.35. The van der Waals surface area contributed by atoms with Gasteiger partial charge in [0, 0.05) is 17.2 Å². The molecule has 1 atom stereocenters.